The van der Waals surface area contributed by atoms with Crippen molar-refractivity contribution in [2.45, 2.75) is 55.2 Å². The number of ether oxygens (including phenoxy) is 3. The molecule has 0 radical (unpaired) electrons. The van der Waals surface area contributed by atoms with E-state index in [0.29, 0.717) is 17.7 Å². The molecule has 0 aliphatic carbocycles. The van der Waals surface area contributed by atoms with E-state index < -0.39 is 72.2 Å². The zero-order chi connectivity index (χ0) is 38.8. The molecule has 8 rings (SSSR count). The summed E-state index contributed by atoms with van der Waals surface area (Å²) in [4.78, 5) is 61.7. The lowest BCUT2D eigenvalue weighted by Crippen LogP contribution is -2.59. The van der Waals surface area contributed by atoms with E-state index in [0.717, 1.165) is 16.3 Å². The minimum absolute atomic E-state index is 0.0496. The quantitative estimate of drug-likeness (QED) is 0.196. The van der Waals surface area contributed by atoms with Crippen molar-refractivity contribution < 1.29 is 38.5 Å². The van der Waals surface area contributed by atoms with Crippen molar-refractivity contribution in [1.82, 2.24) is 10.2 Å². The van der Waals surface area contributed by atoms with E-state index in [1.54, 1.807) is 17.1 Å². The number of likely N-dealkylation sites (tertiary alicyclic amines) is 1. The molecule has 4 aromatic carbocycles. The summed E-state index contributed by atoms with van der Waals surface area (Å²) < 4.78 is 18.6. The average Bonchev–Trinajstić information content (AvgIpc) is 3.87. The molecule has 4 aliphatic rings. The maximum atomic E-state index is 15.5. The van der Waals surface area contributed by atoms with Gasteiger partial charge >= 0.3 is 5.97 Å². The fourth-order valence-corrected chi connectivity index (χ4v) is 8.91. The van der Waals surface area contributed by atoms with Gasteiger partial charge in [0, 0.05) is 25.8 Å². The summed E-state index contributed by atoms with van der Waals surface area (Å²) in [6.45, 7) is -0.255. The maximum Gasteiger partial charge on any atom is 0.313 e. The third-order valence-electron chi connectivity index (χ3n) is 11.5. The van der Waals surface area contributed by atoms with Crippen LogP contribution < -0.4 is 10.2 Å². The number of nitrogens with one attached hydrogen (secondary N) is 1. The van der Waals surface area contributed by atoms with Crippen molar-refractivity contribution in [3.05, 3.63) is 139 Å². The average molecular weight is 756 g/mol. The molecule has 2 N–H and O–H groups in total. The van der Waals surface area contributed by atoms with Crippen molar-refractivity contribution in [1.29, 1.82) is 0 Å². The second-order valence-corrected chi connectivity index (χ2v) is 14.9. The first kappa shape index (κ1) is 37.3. The summed E-state index contributed by atoms with van der Waals surface area (Å²) in [7, 11) is 1.51. The zero-order valence-electron chi connectivity index (χ0n) is 31.1. The predicted octanol–water partition coefficient (Wildman–Crippen LogP) is 4.69. The minimum atomic E-state index is -1.53. The highest BCUT2D eigenvalue weighted by Gasteiger charge is 2.74. The first-order valence-electron chi connectivity index (χ1n) is 19.2. The molecular formula is C45H45N3O8. The van der Waals surface area contributed by atoms with Gasteiger partial charge in [-0.3, -0.25) is 19.2 Å². The largest absolute Gasteiger partial charge is 0.455 e. The Hall–Kier alpha value is -5.62. The van der Waals surface area contributed by atoms with Gasteiger partial charge in [-0.05, 0) is 46.9 Å². The molecule has 0 unspecified atom stereocenters. The van der Waals surface area contributed by atoms with E-state index in [2.05, 4.69) is 5.32 Å². The number of hydrogen-bond donors (Lipinski definition) is 2. The Morgan fingerprint density at radius 1 is 0.893 bits per heavy atom. The number of hydrogen-bond acceptors (Lipinski definition) is 8. The van der Waals surface area contributed by atoms with Crippen LogP contribution in [-0.2, 0) is 39.8 Å². The van der Waals surface area contributed by atoms with Crippen LogP contribution in [0.3, 0.4) is 0 Å². The van der Waals surface area contributed by atoms with Gasteiger partial charge in [0.1, 0.15) is 23.7 Å². The number of methoxy groups -OCH3 is 1. The molecule has 4 aromatic rings. The lowest BCUT2D eigenvalue weighted by Gasteiger charge is -2.39. The fourth-order valence-electron chi connectivity index (χ4n) is 8.91. The van der Waals surface area contributed by atoms with Crippen LogP contribution in [0.15, 0.2) is 127 Å². The van der Waals surface area contributed by atoms with Gasteiger partial charge in [-0.2, -0.15) is 0 Å². The van der Waals surface area contributed by atoms with E-state index in [-0.39, 0.29) is 31.9 Å². The Labute approximate surface area is 325 Å². The van der Waals surface area contributed by atoms with Crippen LogP contribution in [-0.4, -0.2) is 90.4 Å². The number of allylic oxidation sites excluding steroid dienone is 1. The number of fused-ring (bicyclic) bond motifs is 3. The molecule has 11 heteroatoms. The molecule has 0 saturated carbocycles. The molecule has 4 aliphatic heterocycles. The van der Waals surface area contributed by atoms with E-state index in [1.807, 2.05) is 115 Å². The lowest BCUT2D eigenvalue weighted by atomic mass is 9.74. The Morgan fingerprint density at radius 2 is 1.62 bits per heavy atom. The van der Waals surface area contributed by atoms with Crippen LogP contribution in [0.25, 0.3) is 10.8 Å². The topological polar surface area (TPSA) is 135 Å². The number of benzene rings is 4. The molecule has 8 atom stereocenters. The zero-order valence-corrected chi connectivity index (χ0v) is 31.1. The number of nitrogens with zero attached hydrogens (tertiary/aromatic N) is 2. The first-order valence-corrected chi connectivity index (χ1v) is 19.2. The Kier molecular flexibility index (Phi) is 10.6. The molecule has 3 amide bonds. The van der Waals surface area contributed by atoms with Gasteiger partial charge < -0.3 is 34.4 Å². The summed E-state index contributed by atoms with van der Waals surface area (Å²) in [6, 6.07) is 29.4. The summed E-state index contributed by atoms with van der Waals surface area (Å²) in [6.07, 6.45) is 6.18. The number of carbonyl (C=O) groups is 4. The number of aliphatic hydroxyl groups excluding tert-OH is 1. The normalized spacial score (nSPS) is 29.0. The summed E-state index contributed by atoms with van der Waals surface area (Å²) in [5.41, 5.74) is 0.585. The van der Waals surface area contributed by atoms with Crippen molar-refractivity contribution in [2.24, 2.45) is 11.8 Å². The molecule has 2 fully saturated rings. The Morgan fingerprint density at radius 3 is 2.38 bits per heavy atom. The number of rotatable bonds is 8. The molecule has 0 aromatic heterocycles. The van der Waals surface area contributed by atoms with Gasteiger partial charge in [-0.1, -0.05) is 115 Å². The van der Waals surface area contributed by atoms with Crippen molar-refractivity contribution in [3.63, 3.8) is 0 Å². The van der Waals surface area contributed by atoms with Crippen LogP contribution in [0, 0.1) is 11.8 Å². The monoisotopic (exact) mass is 755 g/mol. The van der Waals surface area contributed by atoms with Gasteiger partial charge in [0.05, 0.1) is 37.3 Å². The van der Waals surface area contributed by atoms with E-state index in [1.165, 1.54) is 12.0 Å². The molecule has 5 bridgehead atoms. The second kappa shape index (κ2) is 15.9. The number of aliphatic hydroxyl groups is 1. The van der Waals surface area contributed by atoms with Crippen molar-refractivity contribution in [3.8, 4) is 0 Å². The molecule has 4 heterocycles. The molecule has 1 spiro atoms. The number of carbonyl (C=O) groups excluding carboxylic acids is 4. The van der Waals surface area contributed by atoms with E-state index in [9.17, 15) is 14.7 Å². The molecule has 2 saturated heterocycles. The predicted molar refractivity (Wildman–Crippen MR) is 209 cm³/mol. The smallest absolute Gasteiger partial charge is 0.313 e. The SMILES string of the molecule is COC[C@H]1NC(=O)CC/C=C\CN(c2ccc3ccccc3c2)C(=O)[C@@H]2N([C@@H](CO)Cc3ccccc3)C(=O)[C@H]3[C@H](C(=O)O[C@@H]1c1ccccc1)[C@@H]1C=C[C@]23O1. The van der Waals surface area contributed by atoms with Crippen LogP contribution in [0.2, 0.25) is 0 Å². The van der Waals surface area contributed by atoms with Crippen molar-refractivity contribution in [2.75, 3.05) is 31.8 Å². The van der Waals surface area contributed by atoms with Gasteiger partial charge in [-0.15, -0.1) is 0 Å². The van der Waals surface area contributed by atoms with Crippen LogP contribution in [0.5, 0.6) is 0 Å². The number of amides is 3. The van der Waals surface area contributed by atoms with Gasteiger partial charge in [0.2, 0.25) is 11.8 Å². The van der Waals surface area contributed by atoms with E-state index in [4.69, 9.17) is 14.2 Å². The molecular weight excluding hydrogens is 711 g/mol. The first-order chi connectivity index (χ1) is 27.3. The minimum Gasteiger partial charge on any atom is -0.455 e. The Balaban J connectivity index is 1.26. The summed E-state index contributed by atoms with van der Waals surface area (Å²) in [5.74, 6) is -4.09. The molecule has 288 valence electrons. The third-order valence-corrected chi connectivity index (χ3v) is 11.5. The number of cyclic esters (lactones) is 1. The highest BCUT2D eigenvalue weighted by molar-refractivity contribution is 6.06. The third kappa shape index (κ3) is 6.80. The maximum absolute atomic E-state index is 15.5. The van der Waals surface area contributed by atoms with E-state index >= 15 is 9.59 Å². The van der Waals surface area contributed by atoms with Gasteiger partial charge in [0.15, 0.2) is 0 Å². The molecule has 56 heavy (non-hydrogen) atoms. The van der Waals surface area contributed by atoms with Gasteiger partial charge in [-0.25, -0.2) is 0 Å². The van der Waals surface area contributed by atoms with Crippen molar-refractivity contribution >= 4 is 40.2 Å². The number of esters is 1. The standard InChI is InChI=1S/C45H45N3O8/c1-54-28-35-40(31-16-7-3-8-17-31)55-44(53)38-36-22-23-45(56-36)39(38)42(51)48(34(27-49)25-29-13-5-2-6-14-29)41(45)43(52)47(24-12-4-9-19-37(50)46-35)33-21-20-30-15-10-11-18-32(30)26-33/h2-8,10-18,20-23,26,34-36,38-41,49H,9,19,24-25,27-28H2,1H3,(H,46,50)/b12-4-/t34-,35-,36+,38-,39-,40-,41+,45-/m1/s1. The number of anilines is 1. The highest BCUT2D eigenvalue weighted by atomic mass is 16.6. The molecule has 11 nitrogen and oxygen atoms in total. The fraction of sp³-hybridized carbons (Fsp3) is 0.333. The Bertz CT molecular complexity index is 2160. The van der Waals surface area contributed by atoms with Gasteiger partial charge in [0.25, 0.3) is 5.91 Å². The summed E-state index contributed by atoms with van der Waals surface area (Å²) >= 11 is 0. The highest BCUT2D eigenvalue weighted by Crippen LogP contribution is 2.56. The van der Waals surface area contributed by atoms with Crippen LogP contribution >= 0.6 is 0 Å². The van der Waals surface area contributed by atoms with Crippen LogP contribution in [0.4, 0.5) is 5.69 Å². The van der Waals surface area contributed by atoms with Crippen LogP contribution in [0.1, 0.15) is 30.1 Å². The lowest BCUT2D eigenvalue weighted by molar-refractivity contribution is -0.162. The summed E-state index contributed by atoms with van der Waals surface area (Å²) in [5, 5.41) is 15.9. The second-order valence-electron chi connectivity index (χ2n) is 14.9.